The summed E-state index contributed by atoms with van der Waals surface area (Å²) < 4.78 is 41.1. The molecule has 2 saturated carbocycles. The topological polar surface area (TPSA) is 0 Å². The van der Waals surface area contributed by atoms with Gasteiger partial charge < -0.3 is 0 Å². The molecule has 0 heterocycles. The van der Waals surface area contributed by atoms with E-state index in [0.717, 1.165) is 27.9 Å². The second-order valence-electron chi connectivity index (χ2n) is 8.52. The molecule has 0 unspecified atom stereocenters. The van der Waals surface area contributed by atoms with E-state index < -0.39 is 17.5 Å². The average molecular weight is 499 g/mol. The van der Waals surface area contributed by atoms with E-state index in [9.17, 15) is 13.2 Å². The van der Waals surface area contributed by atoms with Gasteiger partial charge in [0.05, 0.1) is 0 Å². The van der Waals surface area contributed by atoms with E-state index in [2.05, 4.69) is 34.7 Å². The van der Waals surface area contributed by atoms with Gasteiger partial charge in [0.25, 0.3) is 22.6 Å². The SMILES string of the molecule is Fc1cc(-c2ccc(C3CCC(C4CCC([IH+])CC4)CC3)cc2)cc(F)c1F. The van der Waals surface area contributed by atoms with Gasteiger partial charge >= 0.3 is 0 Å². The highest BCUT2D eigenvalue weighted by Gasteiger charge is 2.32. The quantitative estimate of drug-likeness (QED) is 0.342. The van der Waals surface area contributed by atoms with Crippen LogP contribution < -0.4 is 22.6 Å². The Morgan fingerprint density at radius 3 is 1.68 bits per heavy atom. The third-order valence-corrected chi connectivity index (χ3v) is 8.20. The van der Waals surface area contributed by atoms with E-state index in [1.807, 2.05) is 12.1 Å². The Morgan fingerprint density at radius 1 is 0.643 bits per heavy atom. The largest absolute Gasteiger partial charge is 0.255 e. The van der Waals surface area contributed by atoms with E-state index in [4.69, 9.17) is 0 Å². The van der Waals surface area contributed by atoms with Gasteiger partial charge in [0.15, 0.2) is 21.4 Å². The molecule has 28 heavy (non-hydrogen) atoms. The van der Waals surface area contributed by atoms with Crippen molar-refractivity contribution in [2.45, 2.75) is 61.2 Å². The fourth-order valence-corrected chi connectivity index (χ4v) is 5.93. The van der Waals surface area contributed by atoms with Gasteiger partial charge in [0.2, 0.25) is 0 Å². The molecule has 0 aliphatic heterocycles. The molecule has 0 spiro atoms. The molecule has 0 bridgehead atoms. The monoisotopic (exact) mass is 499 g/mol. The maximum absolute atomic E-state index is 13.5. The molecule has 0 aromatic heterocycles. The highest BCUT2D eigenvalue weighted by atomic mass is 127. The summed E-state index contributed by atoms with van der Waals surface area (Å²) in [5, 5.41) is 0. The minimum atomic E-state index is -1.41. The summed E-state index contributed by atoms with van der Waals surface area (Å²) in [5.74, 6) is -1.29. The highest BCUT2D eigenvalue weighted by Crippen LogP contribution is 2.42. The zero-order valence-electron chi connectivity index (χ0n) is 16.0. The molecule has 2 aromatic carbocycles. The molecule has 2 aliphatic rings. The van der Waals surface area contributed by atoms with Gasteiger partial charge in [-0.25, -0.2) is 13.2 Å². The van der Waals surface area contributed by atoms with Crippen molar-refractivity contribution in [3.63, 3.8) is 0 Å². The second-order valence-corrected chi connectivity index (χ2v) is 10.4. The van der Waals surface area contributed by atoms with Crippen molar-refractivity contribution in [3.05, 3.63) is 59.4 Å². The molecule has 0 saturated heterocycles. The summed E-state index contributed by atoms with van der Waals surface area (Å²) in [6.07, 6.45) is 10.7. The first-order valence-corrected chi connectivity index (χ1v) is 11.8. The van der Waals surface area contributed by atoms with Gasteiger partial charge in [-0.05, 0) is 97.9 Å². The summed E-state index contributed by atoms with van der Waals surface area (Å²) >= 11 is 2.31. The molecule has 0 atom stereocenters. The summed E-state index contributed by atoms with van der Waals surface area (Å²) in [4.78, 5) is 0. The van der Waals surface area contributed by atoms with Crippen LogP contribution in [0.5, 0.6) is 0 Å². The Balaban J connectivity index is 1.39. The third-order valence-electron chi connectivity index (χ3n) is 6.86. The Labute approximate surface area is 179 Å². The van der Waals surface area contributed by atoms with E-state index in [0.29, 0.717) is 17.0 Å². The van der Waals surface area contributed by atoms with E-state index in [-0.39, 0.29) is 0 Å². The molecule has 0 N–H and O–H groups in total. The molecular formula is C24H27F3I+. The summed E-state index contributed by atoms with van der Waals surface area (Å²) in [7, 11) is 0. The third kappa shape index (κ3) is 4.42. The molecule has 2 aliphatic carbocycles. The van der Waals surface area contributed by atoms with E-state index >= 15 is 0 Å². The van der Waals surface area contributed by atoms with Crippen molar-refractivity contribution in [1.29, 1.82) is 0 Å². The standard InChI is InChI=1S/C24H27F3I/c25-22-13-20(14-23(26)24(22)27)19-7-5-16(6-8-19)15-1-3-17(4-2-15)18-9-11-21(28)12-10-18/h5-8,13-15,17-18,21,28H,1-4,9-12H2/q+1. The lowest BCUT2D eigenvalue weighted by Crippen LogP contribution is -3.39. The molecule has 4 rings (SSSR count). The fraction of sp³-hybridized carbons (Fsp3) is 0.500. The Kier molecular flexibility index (Phi) is 6.34. The summed E-state index contributed by atoms with van der Waals surface area (Å²) in [6, 6.07) is 10.1. The smallest absolute Gasteiger partial charge is 0.204 e. The predicted octanol–water partition coefficient (Wildman–Crippen LogP) is 3.89. The van der Waals surface area contributed by atoms with Crippen LogP contribution in [0.1, 0.15) is 62.8 Å². The zero-order chi connectivity index (χ0) is 19.7. The first-order valence-electron chi connectivity index (χ1n) is 10.4. The van der Waals surface area contributed by atoms with Gasteiger partial charge in [-0.2, -0.15) is 0 Å². The van der Waals surface area contributed by atoms with Crippen LogP contribution in [0.4, 0.5) is 13.2 Å². The number of hydrogen-bond acceptors (Lipinski definition) is 0. The Morgan fingerprint density at radius 2 is 1.14 bits per heavy atom. The van der Waals surface area contributed by atoms with Gasteiger partial charge in [0, 0.05) is 0 Å². The van der Waals surface area contributed by atoms with Gasteiger partial charge in [0.1, 0.15) is 0 Å². The number of benzene rings is 2. The number of rotatable bonds is 3. The maximum atomic E-state index is 13.5. The molecule has 2 fully saturated rings. The van der Waals surface area contributed by atoms with Crippen LogP contribution in [-0.4, -0.2) is 3.92 Å². The van der Waals surface area contributed by atoms with Crippen LogP contribution in [-0.2, 0) is 0 Å². The van der Waals surface area contributed by atoms with Crippen molar-refractivity contribution < 1.29 is 35.8 Å². The lowest BCUT2D eigenvalue weighted by Gasteiger charge is -2.36. The molecule has 150 valence electrons. The first-order chi connectivity index (χ1) is 13.5. The molecule has 0 amide bonds. The van der Waals surface area contributed by atoms with Crippen molar-refractivity contribution in [1.82, 2.24) is 0 Å². The minimum Gasteiger partial charge on any atom is -0.204 e. The second kappa shape index (κ2) is 8.76. The van der Waals surface area contributed by atoms with Crippen LogP contribution in [0.25, 0.3) is 11.1 Å². The van der Waals surface area contributed by atoms with Crippen LogP contribution in [0.15, 0.2) is 36.4 Å². The summed E-state index contributed by atoms with van der Waals surface area (Å²) in [6.45, 7) is 0. The Hall–Kier alpha value is -1.04. The van der Waals surface area contributed by atoms with Crippen LogP contribution in [0, 0.1) is 29.3 Å². The zero-order valence-corrected chi connectivity index (χ0v) is 18.3. The molecule has 4 heteroatoms. The van der Waals surface area contributed by atoms with E-state index in [1.54, 1.807) is 0 Å². The molecule has 0 radical (unpaired) electrons. The lowest BCUT2D eigenvalue weighted by molar-refractivity contribution is -0.426. The molecule has 2 aromatic rings. The number of halogens is 4. The van der Waals surface area contributed by atoms with Crippen molar-refractivity contribution in [2.24, 2.45) is 11.8 Å². The first kappa shape index (κ1) is 20.2. The lowest BCUT2D eigenvalue weighted by atomic mass is 9.70. The minimum absolute atomic E-state index is 0.374. The van der Waals surface area contributed by atoms with Crippen molar-refractivity contribution in [2.75, 3.05) is 0 Å². The highest BCUT2D eigenvalue weighted by molar-refractivity contribution is 5.64. The van der Waals surface area contributed by atoms with Gasteiger partial charge in [-0.3, -0.25) is 0 Å². The van der Waals surface area contributed by atoms with Gasteiger partial charge in [-0.1, -0.05) is 24.3 Å². The number of hydrogen-bond donors (Lipinski definition) is 0. The fourth-order valence-electron chi connectivity index (χ4n) is 5.15. The van der Waals surface area contributed by atoms with E-state index in [1.165, 1.54) is 56.9 Å². The molecular weight excluding hydrogens is 472 g/mol. The summed E-state index contributed by atoms with van der Waals surface area (Å²) in [5.41, 5.74) is 2.40. The maximum Gasteiger partial charge on any atom is 0.255 e. The number of alkyl halides is 1. The van der Waals surface area contributed by atoms with Crippen molar-refractivity contribution >= 4 is 0 Å². The van der Waals surface area contributed by atoms with Crippen LogP contribution in [0.2, 0.25) is 0 Å². The molecule has 0 nitrogen and oxygen atoms in total. The average Bonchev–Trinajstić information content (AvgIpc) is 2.72. The normalized spacial score (nSPS) is 28.3. The predicted molar refractivity (Wildman–Crippen MR) is 104 cm³/mol. The van der Waals surface area contributed by atoms with Gasteiger partial charge in [-0.15, -0.1) is 0 Å². The van der Waals surface area contributed by atoms with Crippen molar-refractivity contribution in [3.8, 4) is 11.1 Å². The Bertz CT molecular complexity index is 778. The van der Waals surface area contributed by atoms with Crippen LogP contribution >= 0.6 is 0 Å². The van der Waals surface area contributed by atoms with Crippen LogP contribution in [0.3, 0.4) is 0 Å².